The first-order chi connectivity index (χ1) is 12.8. The molecular weight excluding hydrogens is 368 g/mol. The molecule has 2 N–H and O–H groups in total. The number of hydrogen-bond acceptors (Lipinski definition) is 6. The first-order valence-corrected chi connectivity index (χ1v) is 10.1. The van der Waals surface area contributed by atoms with E-state index in [0.717, 1.165) is 0 Å². The Morgan fingerprint density at radius 3 is 2.37 bits per heavy atom. The Balaban J connectivity index is 2.53. The summed E-state index contributed by atoms with van der Waals surface area (Å²) in [5, 5.41) is 8.08. The molecule has 0 bridgehead atoms. The van der Waals surface area contributed by atoms with Crippen LogP contribution < -0.4 is 10.2 Å². The summed E-state index contributed by atoms with van der Waals surface area (Å²) >= 11 is 0. The molecule has 0 saturated carbocycles. The van der Waals surface area contributed by atoms with E-state index in [-0.39, 0.29) is 17.2 Å². The summed E-state index contributed by atoms with van der Waals surface area (Å²) in [6.45, 7) is 3.50. The number of carbonyl (C=O) groups excluding carboxylic acids is 1. The predicted octanol–water partition coefficient (Wildman–Crippen LogP) is 2.25. The fraction of sp³-hybridized carbons (Fsp3) is 0.368. The molecule has 2 atom stereocenters. The molecule has 7 nitrogen and oxygen atoms in total. The molecule has 1 amide bonds. The monoisotopic (exact) mass is 392 g/mol. The maximum atomic E-state index is 13.4. The predicted molar refractivity (Wildman–Crippen MR) is 100 cm³/mol. The van der Waals surface area contributed by atoms with Crippen molar-refractivity contribution < 1.29 is 23.2 Å². The molecule has 0 spiro atoms. The van der Waals surface area contributed by atoms with Crippen molar-refractivity contribution in [3.05, 3.63) is 54.4 Å². The molecule has 0 aliphatic rings. The van der Waals surface area contributed by atoms with Gasteiger partial charge in [-0.25, -0.2) is 13.9 Å². The van der Waals surface area contributed by atoms with Gasteiger partial charge in [-0.15, -0.1) is 0 Å². The van der Waals surface area contributed by atoms with Gasteiger partial charge < -0.3 is 4.74 Å². The molecule has 1 aromatic carbocycles. The molecule has 27 heavy (non-hydrogen) atoms. The lowest BCUT2D eigenvalue weighted by molar-refractivity contribution is -0.134. The van der Waals surface area contributed by atoms with E-state index in [2.05, 4.69) is 4.98 Å². The van der Waals surface area contributed by atoms with E-state index in [9.17, 15) is 13.2 Å². The Hall–Kier alpha value is -2.45. The topological polar surface area (TPSA) is 106 Å². The summed E-state index contributed by atoms with van der Waals surface area (Å²) in [5.74, 6) is -1.45. The number of carbonyl (C=O) groups is 1. The molecule has 146 valence electrons. The van der Waals surface area contributed by atoms with Crippen LogP contribution in [0, 0.1) is 11.8 Å². The van der Waals surface area contributed by atoms with Crippen LogP contribution in [0.3, 0.4) is 0 Å². The SMILES string of the molecule is COc1ccc(S(=O)(=O)C(Cc2cccnc2)[C@@H](C(=O)NO)C(C)C)cc1. The smallest absolute Gasteiger partial charge is 0.248 e. The third-order valence-corrected chi connectivity index (χ3v) is 6.66. The van der Waals surface area contributed by atoms with Gasteiger partial charge in [0.2, 0.25) is 5.91 Å². The highest BCUT2D eigenvalue weighted by Gasteiger charge is 2.40. The van der Waals surface area contributed by atoms with Gasteiger partial charge in [-0.3, -0.25) is 15.0 Å². The third-order valence-electron chi connectivity index (χ3n) is 4.48. The summed E-state index contributed by atoms with van der Waals surface area (Å²) in [6.07, 6.45) is 3.26. The summed E-state index contributed by atoms with van der Waals surface area (Å²) in [6, 6.07) is 9.51. The van der Waals surface area contributed by atoms with Crippen molar-refractivity contribution in [2.45, 2.75) is 30.4 Å². The van der Waals surface area contributed by atoms with Crippen molar-refractivity contribution in [3.8, 4) is 5.75 Å². The van der Waals surface area contributed by atoms with Gasteiger partial charge in [-0.1, -0.05) is 19.9 Å². The average molecular weight is 392 g/mol. The van der Waals surface area contributed by atoms with Crippen molar-refractivity contribution in [1.82, 2.24) is 10.5 Å². The third kappa shape index (κ3) is 4.84. The van der Waals surface area contributed by atoms with Crippen LogP contribution in [0.5, 0.6) is 5.75 Å². The summed E-state index contributed by atoms with van der Waals surface area (Å²) in [7, 11) is -2.38. The minimum Gasteiger partial charge on any atom is -0.497 e. The highest BCUT2D eigenvalue weighted by atomic mass is 32.2. The largest absolute Gasteiger partial charge is 0.497 e. The van der Waals surface area contributed by atoms with Crippen molar-refractivity contribution >= 4 is 15.7 Å². The molecule has 0 fully saturated rings. The molecule has 0 radical (unpaired) electrons. The summed E-state index contributed by atoms with van der Waals surface area (Å²) in [5.41, 5.74) is 2.31. The lowest BCUT2D eigenvalue weighted by Crippen LogP contribution is -2.44. The van der Waals surface area contributed by atoms with Gasteiger partial charge in [0, 0.05) is 12.4 Å². The van der Waals surface area contributed by atoms with Gasteiger partial charge in [0.25, 0.3) is 0 Å². The number of methoxy groups -OCH3 is 1. The average Bonchev–Trinajstić information content (AvgIpc) is 2.67. The zero-order valence-corrected chi connectivity index (χ0v) is 16.3. The van der Waals surface area contributed by atoms with Crippen molar-refractivity contribution in [1.29, 1.82) is 0 Å². The first-order valence-electron chi connectivity index (χ1n) is 8.52. The van der Waals surface area contributed by atoms with Crippen LogP contribution >= 0.6 is 0 Å². The van der Waals surface area contributed by atoms with E-state index in [1.54, 1.807) is 56.0 Å². The molecule has 8 heteroatoms. The van der Waals surface area contributed by atoms with E-state index in [4.69, 9.17) is 9.94 Å². The van der Waals surface area contributed by atoms with E-state index < -0.39 is 26.9 Å². The number of nitrogens with zero attached hydrogens (tertiary/aromatic N) is 1. The Morgan fingerprint density at radius 1 is 1.22 bits per heavy atom. The molecule has 0 aliphatic carbocycles. The number of sulfone groups is 1. The Labute approximate surface area is 159 Å². The number of hydroxylamine groups is 1. The van der Waals surface area contributed by atoms with Gasteiger partial charge in [-0.05, 0) is 48.2 Å². The van der Waals surface area contributed by atoms with Crippen LogP contribution in [0.4, 0.5) is 0 Å². The minimum atomic E-state index is -3.88. The number of rotatable bonds is 8. The number of pyridine rings is 1. The molecule has 2 aromatic rings. The van der Waals surface area contributed by atoms with Crippen LogP contribution in [-0.4, -0.2) is 36.9 Å². The maximum absolute atomic E-state index is 13.4. The Bertz CT molecular complexity index is 851. The summed E-state index contributed by atoms with van der Waals surface area (Å²) < 4.78 is 31.8. The second-order valence-corrected chi connectivity index (χ2v) is 8.74. The van der Waals surface area contributed by atoms with Crippen molar-refractivity contribution in [3.63, 3.8) is 0 Å². The quantitative estimate of drug-likeness (QED) is 0.527. The lowest BCUT2D eigenvalue weighted by atomic mass is 9.88. The second kappa shape index (κ2) is 8.96. The molecule has 0 saturated heterocycles. The zero-order chi connectivity index (χ0) is 20.0. The van der Waals surface area contributed by atoms with E-state index in [0.29, 0.717) is 11.3 Å². The van der Waals surface area contributed by atoms with Crippen molar-refractivity contribution in [2.24, 2.45) is 11.8 Å². The normalized spacial score (nSPS) is 13.8. The first kappa shape index (κ1) is 20.9. The number of aromatic nitrogens is 1. The molecule has 0 aliphatic heterocycles. The Morgan fingerprint density at radius 2 is 1.89 bits per heavy atom. The van der Waals surface area contributed by atoms with Crippen LogP contribution in [0.25, 0.3) is 0 Å². The van der Waals surface area contributed by atoms with Crippen molar-refractivity contribution in [2.75, 3.05) is 7.11 Å². The molecule has 1 unspecified atom stereocenters. The minimum absolute atomic E-state index is 0.0913. The number of ether oxygens (including phenoxy) is 1. The number of amides is 1. The lowest BCUT2D eigenvalue weighted by Gasteiger charge is -2.28. The van der Waals surface area contributed by atoms with Gasteiger partial charge >= 0.3 is 0 Å². The fourth-order valence-corrected chi connectivity index (χ4v) is 5.20. The summed E-state index contributed by atoms with van der Waals surface area (Å²) in [4.78, 5) is 16.4. The number of nitrogens with one attached hydrogen (secondary N) is 1. The Kier molecular flexibility index (Phi) is 6.92. The van der Waals surface area contributed by atoms with Gasteiger partial charge in [0.15, 0.2) is 9.84 Å². The highest BCUT2D eigenvalue weighted by molar-refractivity contribution is 7.92. The van der Waals surface area contributed by atoms with Gasteiger partial charge in [0.05, 0.1) is 23.2 Å². The zero-order valence-electron chi connectivity index (χ0n) is 15.5. The molecule has 1 aromatic heterocycles. The molecular formula is C19H24N2O5S. The van der Waals surface area contributed by atoms with Crippen LogP contribution in [-0.2, 0) is 21.1 Å². The fourth-order valence-electron chi connectivity index (χ4n) is 3.10. The maximum Gasteiger partial charge on any atom is 0.248 e. The van der Waals surface area contributed by atoms with Gasteiger partial charge in [-0.2, -0.15) is 0 Å². The van der Waals surface area contributed by atoms with Gasteiger partial charge in [0.1, 0.15) is 5.75 Å². The van der Waals surface area contributed by atoms with Crippen LogP contribution in [0.1, 0.15) is 19.4 Å². The number of benzene rings is 1. The van der Waals surface area contributed by atoms with Crippen LogP contribution in [0.2, 0.25) is 0 Å². The van der Waals surface area contributed by atoms with E-state index in [1.165, 1.54) is 19.2 Å². The van der Waals surface area contributed by atoms with E-state index in [1.807, 2.05) is 0 Å². The second-order valence-electron chi connectivity index (χ2n) is 6.57. The standard InChI is InChI=1S/C19H24N2O5S/c1-13(2)18(19(22)21-23)17(11-14-5-4-10-20-12-14)27(24,25)16-8-6-15(26-3)7-9-16/h4-10,12-13,17-18,23H,11H2,1-3H3,(H,21,22)/t17?,18-/m0/s1. The van der Waals surface area contributed by atoms with Crippen LogP contribution in [0.15, 0.2) is 53.7 Å². The number of hydrogen-bond donors (Lipinski definition) is 2. The van der Waals surface area contributed by atoms with E-state index >= 15 is 0 Å². The molecule has 2 rings (SSSR count). The highest BCUT2D eigenvalue weighted by Crippen LogP contribution is 2.30. The molecule has 1 heterocycles.